The molecule has 24 heavy (non-hydrogen) atoms. The molecule has 128 valence electrons. The predicted molar refractivity (Wildman–Crippen MR) is 81.7 cm³/mol. The minimum atomic E-state index is -4.51. The van der Waals surface area contributed by atoms with Gasteiger partial charge in [-0.1, -0.05) is 6.07 Å². The normalized spacial score (nSPS) is 11.4. The van der Waals surface area contributed by atoms with Crippen LogP contribution in [0, 0.1) is 13.8 Å². The van der Waals surface area contributed by atoms with Crippen molar-refractivity contribution >= 4 is 5.91 Å². The summed E-state index contributed by atoms with van der Waals surface area (Å²) in [7, 11) is 0. The van der Waals surface area contributed by atoms with Crippen molar-refractivity contribution in [2.45, 2.75) is 26.6 Å². The Morgan fingerprint density at radius 3 is 2.67 bits per heavy atom. The summed E-state index contributed by atoms with van der Waals surface area (Å²) >= 11 is 0. The number of halogens is 3. The van der Waals surface area contributed by atoms with Crippen LogP contribution in [-0.4, -0.2) is 22.0 Å². The molecule has 0 bridgehead atoms. The maximum Gasteiger partial charge on any atom is 0.416 e. The van der Waals surface area contributed by atoms with Crippen LogP contribution in [0.15, 0.2) is 35.4 Å². The summed E-state index contributed by atoms with van der Waals surface area (Å²) in [5.41, 5.74) is -0.0399. The molecule has 0 aliphatic heterocycles. The fourth-order valence-electron chi connectivity index (χ4n) is 2.06. The number of hydrogen-bond donors (Lipinski definition) is 1. The van der Waals surface area contributed by atoms with Crippen molar-refractivity contribution in [1.82, 2.24) is 14.9 Å². The molecule has 0 fully saturated rings. The van der Waals surface area contributed by atoms with Gasteiger partial charge in [0.25, 0.3) is 11.5 Å². The van der Waals surface area contributed by atoms with Crippen molar-refractivity contribution in [3.63, 3.8) is 0 Å². The van der Waals surface area contributed by atoms with Crippen molar-refractivity contribution < 1.29 is 18.0 Å². The van der Waals surface area contributed by atoms with Crippen molar-refractivity contribution in [2.75, 3.05) is 6.54 Å². The number of carbonyl (C=O) groups is 1. The van der Waals surface area contributed by atoms with Gasteiger partial charge in [0.1, 0.15) is 0 Å². The predicted octanol–water partition coefficient (Wildman–Crippen LogP) is 2.31. The number of hydrogen-bond acceptors (Lipinski definition) is 3. The number of aryl methyl sites for hydroxylation is 1. The highest BCUT2D eigenvalue weighted by atomic mass is 19.4. The van der Waals surface area contributed by atoms with Crippen LogP contribution >= 0.6 is 0 Å². The molecule has 0 unspecified atom stereocenters. The topological polar surface area (TPSA) is 64.0 Å². The highest BCUT2D eigenvalue weighted by Crippen LogP contribution is 2.29. The number of carbonyl (C=O) groups excluding carboxylic acids is 1. The Hall–Kier alpha value is -2.64. The van der Waals surface area contributed by atoms with Gasteiger partial charge in [-0.3, -0.25) is 14.2 Å². The molecule has 0 saturated heterocycles. The van der Waals surface area contributed by atoms with Gasteiger partial charge in [0.15, 0.2) is 0 Å². The van der Waals surface area contributed by atoms with Gasteiger partial charge in [-0.2, -0.15) is 13.2 Å². The number of nitrogens with zero attached hydrogens (tertiary/aromatic N) is 2. The molecule has 1 aromatic carbocycles. The average Bonchev–Trinajstić information content (AvgIpc) is 2.54. The van der Waals surface area contributed by atoms with Crippen LogP contribution in [0.2, 0.25) is 0 Å². The summed E-state index contributed by atoms with van der Waals surface area (Å²) in [6.45, 7) is 3.65. The smallest absolute Gasteiger partial charge is 0.350 e. The van der Waals surface area contributed by atoms with E-state index in [1.165, 1.54) is 23.0 Å². The molecule has 0 aliphatic rings. The van der Waals surface area contributed by atoms with Crippen LogP contribution in [0.3, 0.4) is 0 Å². The molecule has 0 radical (unpaired) electrons. The number of benzene rings is 1. The number of alkyl halides is 3. The monoisotopic (exact) mass is 339 g/mol. The lowest BCUT2D eigenvalue weighted by Gasteiger charge is -2.10. The molecule has 8 heteroatoms. The molecule has 0 aliphatic carbocycles. The van der Waals surface area contributed by atoms with Crippen LogP contribution in [0.5, 0.6) is 0 Å². The summed E-state index contributed by atoms with van der Waals surface area (Å²) in [6.07, 6.45) is -3.13. The van der Waals surface area contributed by atoms with Crippen molar-refractivity contribution in [3.05, 3.63) is 63.3 Å². The highest BCUT2D eigenvalue weighted by Gasteiger charge is 2.30. The second-order valence-corrected chi connectivity index (χ2v) is 5.29. The zero-order valence-corrected chi connectivity index (χ0v) is 13.1. The molecule has 5 nitrogen and oxygen atoms in total. The maximum atomic E-state index is 12.6. The van der Waals surface area contributed by atoms with Crippen molar-refractivity contribution in [2.24, 2.45) is 0 Å². The van der Waals surface area contributed by atoms with E-state index in [9.17, 15) is 22.8 Å². The molecule has 0 saturated carbocycles. The first kappa shape index (κ1) is 17.7. The van der Waals surface area contributed by atoms with E-state index in [4.69, 9.17) is 0 Å². The first-order valence-corrected chi connectivity index (χ1v) is 7.18. The standard InChI is InChI=1S/C16H16F3N3O2/c1-10-11(2)21-9-22(15(10)24)7-6-20-14(23)12-4-3-5-13(8-12)16(17,18)19/h3-5,8-9H,6-7H2,1-2H3,(H,20,23). The molecule has 1 heterocycles. The molecule has 1 amide bonds. The fourth-order valence-corrected chi connectivity index (χ4v) is 2.06. The Kier molecular flexibility index (Phi) is 5.06. The minimum absolute atomic E-state index is 0.0876. The van der Waals surface area contributed by atoms with E-state index in [0.717, 1.165) is 12.1 Å². The van der Waals surface area contributed by atoms with Gasteiger partial charge >= 0.3 is 6.18 Å². The SMILES string of the molecule is Cc1ncn(CCNC(=O)c2cccc(C(F)(F)F)c2)c(=O)c1C. The van der Waals surface area contributed by atoms with E-state index in [1.54, 1.807) is 13.8 Å². The Morgan fingerprint density at radius 1 is 1.29 bits per heavy atom. The van der Waals surface area contributed by atoms with E-state index < -0.39 is 17.6 Å². The van der Waals surface area contributed by atoms with E-state index in [-0.39, 0.29) is 24.2 Å². The third-order valence-electron chi connectivity index (χ3n) is 3.61. The van der Waals surface area contributed by atoms with Crippen molar-refractivity contribution in [1.29, 1.82) is 0 Å². The Morgan fingerprint density at radius 2 is 2.00 bits per heavy atom. The quantitative estimate of drug-likeness (QED) is 0.930. The zero-order chi connectivity index (χ0) is 17.9. The molecule has 1 N–H and O–H groups in total. The van der Waals surface area contributed by atoms with E-state index in [1.807, 2.05) is 0 Å². The van der Waals surface area contributed by atoms with Gasteiger partial charge in [-0.05, 0) is 32.0 Å². The largest absolute Gasteiger partial charge is 0.416 e. The molecular weight excluding hydrogens is 323 g/mol. The molecule has 0 spiro atoms. The Labute approximate surface area is 136 Å². The summed E-state index contributed by atoms with van der Waals surface area (Å²) in [4.78, 5) is 28.0. The number of nitrogens with one attached hydrogen (secondary N) is 1. The second kappa shape index (κ2) is 6.86. The third kappa shape index (κ3) is 4.01. The Balaban J connectivity index is 2.02. The third-order valence-corrected chi connectivity index (χ3v) is 3.61. The number of rotatable bonds is 4. The number of aromatic nitrogens is 2. The molecule has 2 aromatic rings. The first-order valence-electron chi connectivity index (χ1n) is 7.18. The van der Waals surface area contributed by atoms with E-state index in [2.05, 4.69) is 10.3 Å². The minimum Gasteiger partial charge on any atom is -0.350 e. The van der Waals surface area contributed by atoms with Crippen LogP contribution in [0.4, 0.5) is 13.2 Å². The lowest BCUT2D eigenvalue weighted by atomic mass is 10.1. The van der Waals surface area contributed by atoms with Crippen LogP contribution in [0.25, 0.3) is 0 Å². The van der Waals surface area contributed by atoms with Crippen LogP contribution in [-0.2, 0) is 12.7 Å². The Bertz CT molecular complexity index is 813. The average molecular weight is 339 g/mol. The summed E-state index contributed by atoms with van der Waals surface area (Å²) in [5, 5.41) is 2.49. The van der Waals surface area contributed by atoms with Crippen LogP contribution < -0.4 is 10.9 Å². The lowest BCUT2D eigenvalue weighted by molar-refractivity contribution is -0.137. The first-order chi connectivity index (χ1) is 11.2. The molecule has 0 atom stereocenters. The summed E-state index contributed by atoms with van der Waals surface area (Å²) in [5.74, 6) is -0.633. The summed E-state index contributed by atoms with van der Waals surface area (Å²) < 4.78 is 39.3. The van der Waals surface area contributed by atoms with Crippen molar-refractivity contribution in [3.8, 4) is 0 Å². The second-order valence-electron chi connectivity index (χ2n) is 5.29. The summed E-state index contributed by atoms with van der Waals surface area (Å²) in [6, 6.07) is 4.17. The van der Waals surface area contributed by atoms with E-state index in [0.29, 0.717) is 11.3 Å². The van der Waals surface area contributed by atoms with Gasteiger partial charge in [0.05, 0.1) is 11.9 Å². The highest BCUT2D eigenvalue weighted by molar-refractivity contribution is 5.94. The van der Waals surface area contributed by atoms with Gasteiger partial charge in [0.2, 0.25) is 0 Å². The van der Waals surface area contributed by atoms with Gasteiger partial charge in [-0.15, -0.1) is 0 Å². The van der Waals surface area contributed by atoms with Gasteiger partial charge in [-0.25, -0.2) is 4.98 Å². The molecule has 1 aromatic heterocycles. The fraction of sp³-hybridized carbons (Fsp3) is 0.312. The maximum absolute atomic E-state index is 12.6. The van der Waals surface area contributed by atoms with Crippen LogP contribution in [0.1, 0.15) is 27.2 Å². The zero-order valence-electron chi connectivity index (χ0n) is 13.1. The van der Waals surface area contributed by atoms with E-state index >= 15 is 0 Å². The van der Waals surface area contributed by atoms with Gasteiger partial charge < -0.3 is 5.32 Å². The lowest BCUT2D eigenvalue weighted by Crippen LogP contribution is -2.32. The van der Waals surface area contributed by atoms with Gasteiger partial charge in [0, 0.05) is 29.9 Å². The number of amides is 1. The molecule has 2 rings (SSSR count). The molecular formula is C16H16F3N3O2.